The van der Waals surface area contributed by atoms with E-state index < -0.39 is 0 Å². The van der Waals surface area contributed by atoms with Crippen molar-refractivity contribution in [3.05, 3.63) is 21.9 Å². The van der Waals surface area contributed by atoms with Crippen molar-refractivity contribution in [1.82, 2.24) is 5.32 Å². The zero-order chi connectivity index (χ0) is 12.0. The molecular formula is C12H18ClNOS. The zero-order valence-electron chi connectivity index (χ0n) is 9.75. The number of rotatable bonds is 6. The van der Waals surface area contributed by atoms with Gasteiger partial charge in [0, 0.05) is 6.54 Å². The average molecular weight is 260 g/mol. The third-order valence-electron chi connectivity index (χ3n) is 2.42. The Kier molecular flexibility index (Phi) is 5.85. The first-order valence-electron chi connectivity index (χ1n) is 5.67. The molecular weight excluding hydrogens is 242 g/mol. The van der Waals surface area contributed by atoms with Gasteiger partial charge in [-0.1, -0.05) is 20.3 Å². The summed E-state index contributed by atoms with van der Waals surface area (Å²) in [4.78, 5) is 12.7. The maximum atomic E-state index is 11.8. The van der Waals surface area contributed by atoms with Crippen molar-refractivity contribution in [1.29, 1.82) is 0 Å². The molecule has 0 radical (unpaired) electrons. The largest absolute Gasteiger partial charge is 0.350 e. The molecule has 0 aliphatic heterocycles. The second-order valence-electron chi connectivity index (χ2n) is 3.72. The van der Waals surface area contributed by atoms with Crippen LogP contribution in [0, 0.1) is 0 Å². The van der Waals surface area contributed by atoms with E-state index in [2.05, 4.69) is 19.2 Å². The number of carbonyl (C=O) groups excluding carboxylic acids is 1. The molecule has 2 nitrogen and oxygen atoms in total. The lowest BCUT2D eigenvalue weighted by Gasteiger charge is -2.09. The van der Waals surface area contributed by atoms with Crippen LogP contribution < -0.4 is 5.32 Å². The predicted molar refractivity (Wildman–Crippen MR) is 70.6 cm³/mol. The Hall–Kier alpha value is -0.540. The van der Waals surface area contributed by atoms with E-state index >= 15 is 0 Å². The fraction of sp³-hybridized carbons (Fsp3) is 0.583. The van der Waals surface area contributed by atoms with Gasteiger partial charge >= 0.3 is 0 Å². The Bertz CT molecular complexity index is 338. The smallest absolute Gasteiger partial charge is 0.261 e. The minimum atomic E-state index is 0.00797. The monoisotopic (exact) mass is 259 g/mol. The van der Waals surface area contributed by atoms with Gasteiger partial charge in [-0.15, -0.1) is 22.9 Å². The molecule has 1 amide bonds. The van der Waals surface area contributed by atoms with Crippen LogP contribution in [0.5, 0.6) is 0 Å². The van der Waals surface area contributed by atoms with Crippen molar-refractivity contribution >= 4 is 28.8 Å². The lowest BCUT2D eigenvalue weighted by Crippen LogP contribution is -2.29. The molecule has 1 unspecified atom stereocenters. The van der Waals surface area contributed by atoms with Gasteiger partial charge in [-0.2, -0.15) is 0 Å². The molecule has 1 aromatic rings. The van der Waals surface area contributed by atoms with E-state index in [0.717, 1.165) is 29.7 Å². The Morgan fingerprint density at radius 3 is 2.94 bits per heavy atom. The summed E-state index contributed by atoms with van der Waals surface area (Å²) in [6, 6.07) is 2.00. The standard InChI is InChI=1S/C12H18ClNOS/c1-3-5-10(13)8-14-12(15)11-9(4-2)6-7-16-11/h6-7,10H,3-5,8H2,1-2H3,(H,14,15). The van der Waals surface area contributed by atoms with Crippen LogP contribution in [-0.4, -0.2) is 17.8 Å². The number of carbonyl (C=O) groups is 1. The van der Waals surface area contributed by atoms with E-state index in [1.165, 1.54) is 11.3 Å². The highest BCUT2D eigenvalue weighted by atomic mass is 35.5. The van der Waals surface area contributed by atoms with E-state index in [1.807, 2.05) is 11.4 Å². The van der Waals surface area contributed by atoms with Gasteiger partial charge in [0.1, 0.15) is 0 Å². The molecule has 90 valence electrons. The third-order valence-corrected chi connectivity index (χ3v) is 3.75. The highest BCUT2D eigenvalue weighted by Crippen LogP contribution is 2.17. The van der Waals surface area contributed by atoms with Crippen molar-refractivity contribution in [3.8, 4) is 0 Å². The summed E-state index contributed by atoms with van der Waals surface area (Å²) < 4.78 is 0. The van der Waals surface area contributed by atoms with Crippen LogP contribution in [-0.2, 0) is 6.42 Å². The highest BCUT2D eigenvalue weighted by molar-refractivity contribution is 7.12. The molecule has 1 heterocycles. The number of nitrogens with one attached hydrogen (secondary N) is 1. The Morgan fingerprint density at radius 1 is 1.56 bits per heavy atom. The number of hydrogen-bond donors (Lipinski definition) is 1. The summed E-state index contributed by atoms with van der Waals surface area (Å²) in [5.41, 5.74) is 1.11. The second kappa shape index (κ2) is 6.92. The summed E-state index contributed by atoms with van der Waals surface area (Å²) in [5.74, 6) is 0.00797. The van der Waals surface area contributed by atoms with Gasteiger partial charge in [-0.05, 0) is 29.9 Å². The lowest BCUT2D eigenvalue weighted by molar-refractivity contribution is 0.0956. The number of hydrogen-bond acceptors (Lipinski definition) is 2. The van der Waals surface area contributed by atoms with E-state index in [4.69, 9.17) is 11.6 Å². The van der Waals surface area contributed by atoms with Gasteiger partial charge in [0.05, 0.1) is 10.3 Å². The first-order valence-corrected chi connectivity index (χ1v) is 6.99. The van der Waals surface area contributed by atoms with Gasteiger partial charge in [0.25, 0.3) is 5.91 Å². The topological polar surface area (TPSA) is 29.1 Å². The van der Waals surface area contributed by atoms with Crippen LogP contribution in [0.1, 0.15) is 41.9 Å². The number of amides is 1. The van der Waals surface area contributed by atoms with E-state index in [9.17, 15) is 4.79 Å². The first-order chi connectivity index (χ1) is 7.69. The molecule has 1 rings (SSSR count). The lowest BCUT2D eigenvalue weighted by atomic mass is 10.2. The van der Waals surface area contributed by atoms with Crippen LogP contribution in [0.4, 0.5) is 0 Å². The number of halogens is 1. The maximum Gasteiger partial charge on any atom is 0.261 e. The van der Waals surface area contributed by atoms with Gasteiger partial charge in [-0.3, -0.25) is 4.79 Å². The molecule has 0 bridgehead atoms. The normalized spacial score (nSPS) is 12.4. The molecule has 0 saturated heterocycles. The molecule has 0 spiro atoms. The van der Waals surface area contributed by atoms with Crippen molar-refractivity contribution < 1.29 is 4.79 Å². The summed E-state index contributed by atoms with van der Waals surface area (Å²) >= 11 is 7.54. The minimum absolute atomic E-state index is 0.00797. The predicted octanol–water partition coefficient (Wildman–Crippen LogP) is 3.45. The molecule has 16 heavy (non-hydrogen) atoms. The summed E-state index contributed by atoms with van der Waals surface area (Å²) in [6.07, 6.45) is 2.88. The van der Waals surface area contributed by atoms with Crippen molar-refractivity contribution in [2.24, 2.45) is 0 Å². The Labute approximate surface area is 106 Å². The zero-order valence-corrected chi connectivity index (χ0v) is 11.3. The maximum absolute atomic E-state index is 11.8. The molecule has 0 aromatic carbocycles. The van der Waals surface area contributed by atoms with Crippen LogP contribution in [0.2, 0.25) is 0 Å². The van der Waals surface area contributed by atoms with Crippen molar-refractivity contribution in [3.63, 3.8) is 0 Å². The SMILES string of the molecule is CCCC(Cl)CNC(=O)c1sccc1CC. The van der Waals surface area contributed by atoms with Gasteiger partial charge in [0.15, 0.2) is 0 Å². The molecule has 0 aliphatic rings. The van der Waals surface area contributed by atoms with Crippen LogP contribution in [0.25, 0.3) is 0 Å². The van der Waals surface area contributed by atoms with Gasteiger partial charge in [-0.25, -0.2) is 0 Å². The van der Waals surface area contributed by atoms with Crippen LogP contribution >= 0.6 is 22.9 Å². The molecule has 1 aromatic heterocycles. The van der Waals surface area contributed by atoms with Gasteiger partial charge in [0.2, 0.25) is 0 Å². The minimum Gasteiger partial charge on any atom is -0.350 e. The Morgan fingerprint density at radius 2 is 2.31 bits per heavy atom. The summed E-state index contributed by atoms with van der Waals surface area (Å²) in [7, 11) is 0. The molecule has 4 heteroatoms. The van der Waals surface area contributed by atoms with Crippen molar-refractivity contribution in [2.45, 2.75) is 38.5 Å². The van der Waals surface area contributed by atoms with E-state index in [0.29, 0.717) is 6.54 Å². The highest BCUT2D eigenvalue weighted by Gasteiger charge is 2.12. The number of thiophene rings is 1. The Balaban J connectivity index is 2.46. The molecule has 1 N–H and O–H groups in total. The first kappa shape index (κ1) is 13.5. The third kappa shape index (κ3) is 3.80. The van der Waals surface area contributed by atoms with E-state index in [1.54, 1.807) is 0 Å². The fourth-order valence-electron chi connectivity index (χ4n) is 1.51. The number of aryl methyl sites for hydroxylation is 1. The second-order valence-corrected chi connectivity index (χ2v) is 5.26. The van der Waals surface area contributed by atoms with Gasteiger partial charge < -0.3 is 5.32 Å². The quantitative estimate of drug-likeness (QED) is 0.779. The molecule has 0 aliphatic carbocycles. The summed E-state index contributed by atoms with van der Waals surface area (Å²) in [5, 5.41) is 4.88. The fourth-order valence-corrected chi connectivity index (χ4v) is 2.72. The summed E-state index contributed by atoms with van der Waals surface area (Å²) in [6.45, 7) is 4.70. The van der Waals surface area contributed by atoms with Crippen LogP contribution in [0.15, 0.2) is 11.4 Å². The average Bonchev–Trinajstić information content (AvgIpc) is 2.74. The van der Waals surface area contributed by atoms with E-state index in [-0.39, 0.29) is 11.3 Å². The van der Waals surface area contributed by atoms with Crippen molar-refractivity contribution in [2.75, 3.05) is 6.54 Å². The molecule has 0 saturated carbocycles. The van der Waals surface area contributed by atoms with Crippen LogP contribution in [0.3, 0.4) is 0 Å². The molecule has 1 atom stereocenters. The number of alkyl halides is 1. The molecule has 0 fully saturated rings.